The minimum absolute atomic E-state index is 0.0521. The summed E-state index contributed by atoms with van der Waals surface area (Å²) in [6, 6.07) is 3.30. The number of esters is 1. The van der Waals surface area contributed by atoms with E-state index in [1.807, 2.05) is 0 Å². The molecule has 0 bridgehead atoms. The molecule has 1 aliphatic rings. The van der Waals surface area contributed by atoms with Gasteiger partial charge < -0.3 is 10.1 Å². The molecule has 2 N–H and O–H groups in total. The molecule has 1 aliphatic carbocycles. The van der Waals surface area contributed by atoms with E-state index in [9.17, 15) is 18.8 Å². The van der Waals surface area contributed by atoms with Gasteiger partial charge in [-0.15, -0.1) is 0 Å². The highest BCUT2D eigenvalue weighted by Crippen LogP contribution is 2.18. The van der Waals surface area contributed by atoms with Gasteiger partial charge in [-0.2, -0.15) is 0 Å². The highest BCUT2D eigenvalue weighted by Gasteiger charge is 2.24. The van der Waals surface area contributed by atoms with E-state index >= 15 is 0 Å². The lowest BCUT2D eigenvalue weighted by Crippen LogP contribution is -2.48. The zero-order valence-electron chi connectivity index (χ0n) is 13.8. The lowest BCUT2D eigenvalue weighted by molar-refractivity contribution is -0.127. The van der Waals surface area contributed by atoms with Crippen molar-refractivity contribution in [2.24, 2.45) is 0 Å². The van der Waals surface area contributed by atoms with Crippen molar-refractivity contribution in [3.8, 4) is 0 Å². The Morgan fingerprint density at radius 1 is 1.24 bits per heavy atom. The molecule has 2 rings (SSSR count). The predicted molar refractivity (Wildman–Crippen MR) is 92.5 cm³/mol. The molecule has 6 nitrogen and oxygen atoms in total. The Hall–Kier alpha value is -1.96. The van der Waals surface area contributed by atoms with Crippen LogP contribution in [0.15, 0.2) is 22.7 Å². The first-order valence-electron chi connectivity index (χ1n) is 8.14. The molecule has 1 fully saturated rings. The Bertz CT molecular complexity index is 662. The van der Waals surface area contributed by atoms with Gasteiger partial charge in [-0.25, -0.2) is 14.0 Å². The van der Waals surface area contributed by atoms with Crippen molar-refractivity contribution in [3.05, 3.63) is 34.1 Å². The van der Waals surface area contributed by atoms with Crippen molar-refractivity contribution in [3.63, 3.8) is 0 Å². The van der Waals surface area contributed by atoms with Crippen molar-refractivity contribution in [2.75, 3.05) is 0 Å². The van der Waals surface area contributed by atoms with Crippen LogP contribution < -0.4 is 10.6 Å². The Morgan fingerprint density at radius 2 is 1.92 bits per heavy atom. The summed E-state index contributed by atoms with van der Waals surface area (Å²) in [6.07, 6.45) is 3.78. The Labute approximate surface area is 153 Å². The molecule has 1 saturated carbocycles. The Balaban J connectivity index is 1.84. The third-order valence-electron chi connectivity index (χ3n) is 3.98. The van der Waals surface area contributed by atoms with Gasteiger partial charge in [0.2, 0.25) is 0 Å². The van der Waals surface area contributed by atoms with E-state index in [-0.39, 0.29) is 11.6 Å². The number of carbonyl (C=O) groups is 3. The topological polar surface area (TPSA) is 84.5 Å². The van der Waals surface area contributed by atoms with Gasteiger partial charge in [0.25, 0.3) is 5.91 Å². The van der Waals surface area contributed by atoms with Gasteiger partial charge >= 0.3 is 12.0 Å². The first-order chi connectivity index (χ1) is 11.9. The van der Waals surface area contributed by atoms with Crippen LogP contribution in [0, 0.1) is 5.82 Å². The van der Waals surface area contributed by atoms with Gasteiger partial charge in [0.05, 0.1) is 5.56 Å². The summed E-state index contributed by atoms with van der Waals surface area (Å²) < 4.78 is 19.1. The van der Waals surface area contributed by atoms with Gasteiger partial charge in [0.1, 0.15) is 5.82 Å². The first kappa shape index (κ1) is 19.4. The van der Waals surface area contributed by atoms with E-state index in [4.69, 9.17) is 4.74 Å². The van der Waals surface area contributed by atoms with Crippen LogP contribution in [0.1, 0.15) is 49.4 Å². The third-order valence-corrected chi connectivity index (χ3v) is 4.47. The molecule has 136 valence electrons. The average molecular weight is 415 g/mol. The van der Waals surface area contributed by atoms with Gasteiger partial charge in [-0.3, -0.25) is 10.1 Å². The maximum atomic E-state index is 13.7. The molecular formula is C17H20BrFN2O4. The number of hydrogen-bond donors (Lipinski definition) is 2. The first-order valence-corrected chi connectivity index (χ1v) is 8.93. The minimum Gasteiger partial charge on any atom is -0.449 e. The molecule has 25 heavy (non-hydrogen) atoms. The van der Waals surface area contributed by atoms with Crippen LogP contribution in [0.5, 0.6) is 0 Å². The number of benzene rings is 1. The van der Waals surface area contributed by atoms with Crippen LogP contribution >= 0.6 is 15.9 Å². The summed E-state index contributed by atoms with van der Waals surface area (Å²) >= 11 is 3.09. The van der Waals surface area contributed by atoms with Crippen LogP contribution in [0.4, 0.5) is 9.18 Å². The fourth-order valence-electron chi connectivity index (χ4n) is 2.61. The van der Waals surface area contributed by atoms with E-state index in [0.29, 0.717) is 4.47 Å². The minimum atomic E-state index is -1.23. The van der Waals surface area contributed by atoms with E-state index < -0.39 is 29.8 Å². The van der Waals surface area contributed by atoms with Crippen LogP contribution in [0.3, 0.4) is 0 Å². The van der Waals surface area contributed by atoms with Crippen molar-refractivity contribution in [1.82, 2.24) is 10.6 Å². The number of amides is 3. The summed E-state index contributed by atoms with van der Waals surface area (Å²) in [7, 11) is 0. The number of imide groups is 1. The fourth-order valence-corrected chi connectivity index (χ4v) is 2.95. The summed E-state index contributed by atoms with van der Waals surface area (Å²) in [5, 5.41) is 4.87. The van der Waals surface area contributed by atoms with Gasteiger partial charge in [-0.05, 0) is 38.0 Å². The smallest absolute Gasteiger partial charge is 0.341 e. The Kier molecular flexibility index (Phi) is 6.92. The molecule has 0 aliphatic heterocycles. The zero-order chi connectivity index (χ0) is 18.4. The number of nitrogens with one attached hydrogen (secondary N) is 2. The van der Waals surface area contributed by atoms with Crippen LogP contribution in [-0.4, -0.2) is 30.1 Å². The number of urea groups is 1. The number of rotatable bonds is 4. The van der Waals surface area contributed by atoms with E-state index in [2.05, 4.69) is 26.6 Å². The second kappa shape index (κ2) is 8.94. The second-order valence-electron chi connectivity index (χ2n) is 5.97. The number of ether oxygens (including phenoxy) is 1. The number of hydrogen-bond acceptors (Lipinski definition) is 4. The highest BCUT2D eigenvalue weighted by molar-refractivity contribution is 9.10. The van der Waals surface area contributed by atoms with E-state index in [0.717, 1.165) is 38.2 Å². The monoisotopic (exact) mass is 414 g/mol. The summed E-state index contributed by atoms with van der Waals surface area (Å²) in [4.78, 5) is 35.7. The molecule has 1 atom stereocenters. The summed E-state index contributed by atoms with van der Waals surface area (Å²) in [5.41, 5.74) is -0.283. The lowest BCUT2D eigenvalue weighted by Gasteiger charge is -2.23. The molecule has 1 aromatic rings. The van der Waals surface area contributed by atoms with Crippen LogP contribution in [0.25, 0.3) is 0 Å². The molecule has 0 radical (unpaired) electrons. The number of carbonyl (C=O) groups excluding carboxylic acids is 3. The SMILES string of the molecule is C[C@H](OC(=O)c1ccc(Br)cc1F)C(=O)NC(=O)NC1CCCCC1. The molecule has 0 aromatic heterocycles. The quantitative estimate of drug-likeness (QED) is 0.740. The van der Waals surface area contributed by atoms with Crippen LogP contribution in [0.2, 0.25) is 0 Å². The molecule has 3 amide bonds. The standard InChI is InChI=1S/C17H20BrFN2O4/c1-10(25-16(23)13-8-7-11(18)9-14(13)19)15(22)21-17(24)20-12-5-3-2-4-6-12/h7-10,12H,2-6H2,1H3,(H2,20,21,22,24)/t10-/m0/s1. The van der Waals surface area contributed by atoms with Gasteiger partial charge in [0, 0.05) is 10.5 Å². The highest BCUT2D eigenvalue weighted by atomic mass is 79.9. The van der Waals surface area contributed by atoms with Crippen LogP contribution in [-0.2, 0) is 9.53 Å². The van der Waals surface area contributed by atoms with Gasteiger partial charge in [-0.1, -0.05) is 35.2 Å². The fraction of sp³-hybridized carbons (Fsp3) is 0.471. The molecule has 8 heteroatoms. The molecule has 0 saturated heterocycles. The zero-order valence-corrected chi connectivity index (χ0v) is 15.4. The van der Waals surface area contributed by atoms with Gasteiger partial charge in [0.15, 0.2) is 6.10 Å². The molecular weight excluding hydrogens is 395 g/mol. The maximum absolute atomic E-state index is 13.7. The molecule has 0 unspecified atom stereocenters. The normalized spacial score (nSPS) is 16.0. The summed E-state index contributed by atoms with van der Waals surface area (Å²) in [6.45, 7) is 1.32. The van der Waals surface area contributed by atoms with E-state index in [1.54, 1.807) is 0 Å². The maximum Gasteiger partial charge on any atom is 0.341 e. The summed E-state index contributed by atoms with van der Waals surface area (Å²) in [5.74, 6) is -2.50. The average Bonchev–Trinajstić information content (AvgIpc) is 2.55. The van der Waals surface area contributed by atoms with E-state index in [1.165, 1.54) is 19.1 Å². The molecule has 0 spiro atoms. The van der Waals surface area contributed by atoms with Crippen molar-refractivity contribution >= 4 is 33.8 Å². The van der Waals surface area contributed by atoms with Crippen molar-refractivity contribution < 1.29 is 23.5 Å². The predicted octanol–water partition coefficient (Wildman–Crippen LogP) is 3.29. The third kappa shape index (κ3) is 5.81. The van der Waals surface area contributed by atoms with Crippen molar-refractivity contribution in [1.29, 1.82) is 0 Å². The largest absolute Gasteiger partial charge is 0.449 e. The number of halogens is 2. The second-order valence-corrected chi connectivity index (χ2v) is 6.89. The molecule has 1 aromatic carbocycles. The lowest BCUT2D eigenvalue weighted by atomic mass is 9.96. The molecule has 0 heterocycles. The Morgan fingerprint density at radius 3 is 2.56 bits per heavy atom. The van der Waals surface area contributed by atoms with Crippen molar-refractivity contribution in [2.45, 2.75) is 51.2 Å².